The van der Waals surface area contributed by atoms with Crippen LogP contribution in [0.2, 0.25) is 0 Å². The van der Waals surface area contributed by atoms with Gasteiger partial charge in [-0.2, -0.15) is 4.31 Å². The van der Waals surface area contributed by atoms with Crippen LogP contribution in [0.5, 0.6) is 0 Å². The molecule has 94 valence electrons. The number of aliphatic hydroxyl groups is 2. The second-order valence-electron chi connectivity index (χ2n) is 3.89. The molecule has 2 N–H and O–H groups in total. The summed E-state index contributed by atoms with van der Waals surface area (Å²) in [6.45, 7) is -0.157. The van der Waals surface area contributed by atoms with Crippen LogP contribution in [0.3, 0.4) is 0 Å². The predicted octanol–water partition coefficient (Wildman–Crippen LogP) is 0.175. The Morgan fingerprint density at radius 2 is 1.71 bits per heavy atom. The smallest absolute Gasteiger partial charge is 0.244 e. The minimum absolute atomic E-state index is 0.0785. The Kier molecular flexibility index (Phi) is 3.55. The van der Waals surface area contributed by atoms with Gasteiger partial charge in [0, 0.05) is 17.6 Å². The van der Waals surface area contributed by atoms with Gasteiger partial charge in [-0.05, 0) is 28.1 Å². The summed E-state index contributed by atoms with van der Waals surface area (Å²) in [6, 6.07) is 6.46. The highest BCUT2D eigenvalue weighted by Crippen LogP contribution is 2.27. The third-order valence-electron chi connectivity index (χ3n) is 2.68. The Hall–Kier alpha value is -0.470. The van der Waals surface area contributed by atoms with Gasteiger partial charge in [-0.3, -0.25) is 0 Å². The maximum Gasteiger partial charge on any atom is 0.244 e. The van der Waals surface area contributed by atoms with E-state index in [0.717, 1.165) is 4.31 Å². The number of rotatable bonds is 2. The van der Waals surface area contributed by atoms with Crippen molar-refractivity contribution < 1.29 is 18.6 Å². The third kappa shape index (κ3) is 2.38. The molecule has 2 rings (SSSR count). The first-order chi connectivity index (χ1) is 7.93. The minimum Gasteiger partial charge on any atom is -0.389 e. The Labute approximate surface area is 108 Å². The Morgan fingerprint density at radius 1 is 1.18 bits per heavy atom. The number of halogens is 1. The molecule has 1 saturated heterocycles. The lowest BCUT2D eigenvalue weighted by atomic mass is 10.3. The van der Waals surface area contributed by atoms with Crippen molar-refractivity contribution in [3.8, 4) is 0 Å². The molecule has 7 heteroatoms. The van der Waals surface area contributed by atoms with Gasteiger partial charge in [-0.15, -0.1) is 0 Å². The molecule has 0 bridgehead atoms. The van der Waals surface area contributed by atoms with Gasteiger partial charge >= 0.3 is 0 Å². The van der Waals surface area contributed by atoms with Crippen LogP contribution in [-0.2, 0) is 10.0 Å². The standard InChI is InChI=1S/C10H12BrNO4S/c11-7-3-1-2-4-10(7)17(15,16)12-5-8(13)9(14)6-12/h1-4,8-9,13-14H,5-6H2/t8-,9+. The highest BCUT2D eigenvalue weighted by molar-refractivity contribution is 9.10. The molecule has 0 aromatic heterocycles. The number of aliphatic hydroxyl groups excluding tert-OH is 2. The van der Waals surface area contributed by atoms with Crippen LogP contribution < -0.4 is 0 Å². The molecule has 1 aromatic rings. The van der Waals surface area contributed by atoms with Crippen molar-refractivity contribution >= 4 is 26.0 Å². The largest absolute Gasteiger partial charge is 0.389 e. The zero-order valence-corrected chi connectivity index (χ0v) is 11.2. The molecular weight excluding hydrogens is 310 g/mol. The van der Waals surface area contributed by atoms with E-state index in [1.807, 2.05) is 0 Å². The van der Waals surface area contributed by atoms with Gasteiger partial charge in [-0.25, -0.2) is 8.42 Å². The molecule has 0 amide bonds. The van der Waals surface area contributed by atoms with Crippen molar-refractivity contribution in [1.82, 2.24) is 4.31 Å². The maximum atomic E-state index is 12.2. The fourth-order valence-corrected chi connectivity index (χ4v) is 4.16. The summed E-state index contributed by atoms with van der Waals surface area (Å²) < 4.78 is 26.0. The molecular formula is C10H12BrNO4S. The normalized spacial score (nSPS) is 26.3. The lowest BCUT2D eigenvalue weighted by Gasteiger charge is -2.16. The van der Waals surface area contributed by atoms with Gasteiger partial charge in [0.05, 0.1) is 17.1 Å². The zero-order chi connectivity index (χ0) is 12.6. The quantitative estimate of drug-likeness (QED) is 0.814. The first kappa shape index (κ1) is 13.0. The lowest BCUT2D eigenvalue weighted by molar-refractivity contribution is 0.0572. The summed E-state index contributed by atoms with van der Waals surface area (Å²) in [6.07, 6.45) is -2.04. The fourth-order valence-electron chi connectivity index (χ4n) is 1.72. The minimum atomic E-state index is -3.67. The molecule has 1 aromatic carbocycles. The summed E-state index contributed by atoms with van der Waals surface area (Å²) in [7, 11) is -3.67. The van der Waals surface area contributed by atoms with E-state index in [-0.39, 0.29) is 18.0 Å². The number of nitrogens with zero attached hydrogens (tertiary/aromatic N) is 1. The highest BCUT2D eigenvalue weighted by atomic mass is 79.9. The Bertz CT molecular complexity index is 509. The predicted molar refractivity (Wildman–Crippen MR) is 64.9 cm³/mol. The van der Waals surface area contributed by atoms with Crippen molar-refractivity contribution in [2.75, 3.05) is 13.1 Å². The first-order valence-corrected chi connectivity index (χ1v) is 7.27. The molecule has 2 atom stereocenters. The van der Waals surface area contributed by atoms with Gasteiger partial charge in [-0.1, -0.05) is 12.1 Å². The number of β-amino-alcohol motifs (C(OH)–C–C–N with tert-alkyl or cyclic N) is 2. The van der Waals surface area contributed by atoms with E-state index in [9.17, 15) is 18.6 Å². The monoisotopic (exact) mass is 321 g/mol. The first-order valence-electron chi connectivity index (χ1n) is 5.04. The van der Waals surface area contributed by atoms with Crippen LogP contribution in [0.1, 0.15) is 0 Å². The number of hydrogen-bond donors (Lipinski definition) is 2. The van der Waals surface area contributed by atoms with E-state index < -0.39 is 22.2 Å². The van der Waals surface area contributed by atoms with Gasteiger partial charge in [0.2, 0.25) is 10.0 Å². The van der Waals surface area contributed by atoms with Gasteiger partial charge in [0.1, 0.15) is 0 Å². The van der Waals surface area contributed by atoms with Crippen LogP contribution in [0.15, 0.2) is 33.6 Å². The fraction of sp³-hybridized carbons (Fsp3) is 0.400. The average molecular weight is 322 g/mol. The summed E-state index contributed by atoms with van der Waals surface area (Å²) in [5, 5.41) is 18.8. The van der Waals surface area contributed by atoms with Crippen LogP contribution in [-0.4, -0.2) is 48.2 Å². The van der Waals surface area contributed by atoms with Crippen molar-refractivity contribution in [3.05, 3.63) is 28.7 Å². The van der Waals surface area contributed by atoms with Crippen LogP contribution in [0.25, 0.3) is 0 Å². The van der Waals surface area contributed by atoms with Gasteiger partial charge in [0.15, 0.2) is 0 Å². The molecule has 0 spiro atoms. The topological polar surface area (TPSA) is 77.8 Å². The van der Waals surface area contributed by atoms with Crippen molar-refractivity contribution in [2.24, 2.45) is 0 Å². The summed E-state index contributed by atoms with van der Waals surface area (Å²) >= 11 is 3.18. The van der Waals surface area contributed by atoms with Crippen molar-refractivity contribution in [1.29, 1.82) is 0 Å². The van der Waals surface area contributed by atoms with Gasteiger partial charge in [0.25, 0.3) is 0 Å². The average Bonchev–Trinajstić information content (AvgIpc) is 2.60. The molecule has 1 heterocycles. The van der Waals surface area contributed by atoms with Crippen LogP contribution in [0.4, 0.5) is 0 Å². The molecule has 0 aliphatic carbocycles. The highest BCUT2D eigenvalue weighted by Gasteiger charge is 2.38. The molecule has 0 radical (unpaired) electrons. The van der Waals surface area contributed by atoms with Crippen molar-refractivity contribution in [3.63, 3.8) is 0 Å². The molecule has 5 nitrogen and oxygen atoms in total. The zero-order valence-electron chi connectivity index (χ0n) is 8.82. The maximum absolute atomic E-state index is 12.2. The molecule has 1 fully saturated rings. The lowest BCUT2D eigenvalue weighted by Crippen LogP contribution is -2.30. The number of benzene rings is 1. The third-order valence-corrected chi connectivity index (χ3v) is 5.52. The summed E-state index contributed by atoms with van der Waals surface area (Å²) in [5.41, 5.74) is 0. The second kappa shape index (κ2) is 4.66. The van der Waals surface area contributed by atoms with E-state index in [4.69, 9.17) is 0 Å². The molecule has 1 aliphatic rings. The van der Waals surface area contributed by atoms with E-state index in [1.54, 1.807) is 18.2 Å². The van der Waals surface area contributed by atoms with Crippen LogP contribution >= 0.6 is 15.9 Å². The van der Waals surface area contributed by atoms with E-state index >= 15 is 0 Å². The molecule has 17 heavy (non-hydrogen) atoms. The van der Waals surface area contributed by atoms with Crippen molar-refractivity contribution in [2.45, 2.75) is 17.1 Å². The SMILES string of the molecule is O=S(=O)(c1ccccc1Br)N1C[C@@H](O)[C@@H](O)C1. The Morgan fingerprint density at radius 3 is 2.24 bits per heavy atom. The van der Waals surface area contributed by atoms with E-state index in [1.165, 1.54) is 6.07 Å². The molecule has 0 saturated carbocycles. The molecule has 0 unspecified atom stereocenters. The summed E-state index contributed by atoms with van der Waals surface area (Å²) in [5.74, 6) is 0. The summed E-state index contributed by atoms with van der Waals surface area (Å²) in [4.78, 5) is 0.140. The van der Waals surface area contributed by atoms with E-state index in [0.29, 0.717) is 4.47 Å². The second-order valence-corrected chi connectivity index (χ2v) is 6.65. The molecule has 1 aliphatic heterocycles. The van der Waals surface area contributed by atoms with Crippen LogP contribution in [0, 0.1) is 0 Å². The van der Waals surface area contributed by atoms with E-state index in [2.05, 4.69) is 15.9 Å². The number of hydrogen-bond acceptors (Lipinski definition) is 4. The number of sulfonamides is 1. The Balaban J connectivity index is 2.36. The van der Waals surface area contributed by atoms with Gasteiger partial charge < -0.3 is 10.2 Å².